The van der Waals surface area contributed by atoms with Gasteiger partial charge in [0.05, 0.1) is 5.92 Å². The lowest BCUT2D eigenvalue weighted by atomic mass is 9.98. The molecule has 0 aromatic carbocycles. The second kappa shape index (κ2) is 8.78. The van der Waals surface area contributed by atoms with Gasteiger partial charge in [0.1, 0.15) is 10.6 Å². The Morgan fingerprint density at radius 1 is 1.23 bits per heavy atom. The van der Waals surface area contributed by atoms with E-state index in [1.165, 1.54) is 9.18 Å². The number of carbonyl (C=O) groups is 1. The molecule has 4 heterocycles. The second-order valence-corrected chi connectivity index (χ2v) is 10.9. The largest absolute Gasteiger partial charge is 0.360 e. The molecule has 2 fully saturated rings. The van der Waals surface area contributed by atoms with Crippen molar-refractivity contribution in [3.05, 3.63) is 33.8 Å². The van der Waals surface area contributed by atoms with E-state index in [4.69, 9.17) is 4.52 Å². The van der Waals surface area contributed by atoms with Crippen LogP contribution in [0.2, 0.25) is 0 Å². The summed E-state index contributed by atoms with van der Waals surface area (Å²) in [6.07, 6.45) is 1.40. The smallest absolute Gasteiger partial charge is 0.248 e. The quantitative estimate of drug-likeness (QED) is 0.691. The van der Waals surface area contributed by atoms with E-state index < -0.39 is 10.0 Å². The number of thiophene rings is 1. The summed E-state index contributed by atoms with van der Waals surface area (Å²) in [6, 6.07) is 4.20. The minimum atomic E-state index is -3.72. The van der Waals surface area contributed by atoms with Gasteiger partial charge in [-0.3, -0.25) is 9.69 Å². The average molecular weight is 453 g/mol. The van der Waals surface area contributed by atoms with Crippen LogP contribution in [0.3, 0.4) is 0 Å². The van der Waals surface area contributed by atoms with Crippen LogP contribution in [0.15, 0.2) is 26.9 Å². The Hall–Kier alpha value is -1.75. The highest BCUT2D eigenvalue weighted by atomic mass is 32.2. The van der Waals surface area contributed by atoms with Gasteiger partial charge in [0.2, 0.25) is 15.9 Å². The first-order chi connectivity index (χ1) is 14.4. The van der Waals surface area contributed by atoms with Crippen LogP contribution >= 0.6 is 11.3 Å². The predicted molar refractivity (Wildman–Crippen MR) is 114 cm³/mol. The molecule has 2 saturated heterocycles. The summed E-state index contributed by atoms with van der Waals surface area (Å²) in [6.45, 7) is 7.88. The van der Waals surface area contributed by atoms with Crippen LogP contribution in [0, 0.1) is 19.8 Å². The molecule has 2 aliphatic rings. The molecule has 30 heavy (non-hydrogen) atoms. The molecule has 2 aliphatic heterocycles. The van der Waals surface area contributed by atoms with E-state index in [1.807, 2.05) is 4.90 Å². The third-order valence-electron chi connectivity index (χ3n) is 5.94. The van der Waals surface area contributed by atoms with E-state index in [1.54, 1.807) is 25.2 Å². The molecule has 10 heteroatoms. The van der Waals surface area contributed by atoms with Gasteiger partial charge in [0.25, 0.3) is 0 Å². The first-order valence-electron chi connectivity index (χ1n) is 10.3. The Morgan fingerprint density at radius 3 is 2.63 bits per heavy atom. The van der Waals surface area contributed by atoms with E-state index in [0.29, 0.717) is 37.5 Å². The van der Waals surface area contributed by atoms with E-state index in [9.17, 15) is 13.2 Å². The number of aromatic nitrogens is 1. The first kappa shape index (κ1) is 21.5. The molecule has 2 aromatic heterocycles. The molecule has 1 unspecified atom stereocenters. The molecular formula is C20H28N4O4S2. The number of nitrogens with zero attached hydrogens (tertiary/aromatic N) is 4. The Kier molecular flexibility index (Phi) is 6.29. The van der Waals surface area contributed by atoms with E-state index >= 15 is 0 Å². The number of aryl methyl sites for hydroxylation is 2. The third kappa shape index (κ3) is 4.32. The molecule has 0 bridgehead atoms. The average Bonchev–Trinajstić information content (AvgIpc) is 3.37. The molecule has 0 N–H and O–H groups in total. The van der Waals surface area contributed by atoms with Crippen LogP contribution in [0.1, 0.15) is 29.2 Å². The minimum Gasteiger partial charge on any atom is -0.360 e. The molecule has 8 nitrogen and oxygen atoms in total. The monoisotopic (exact) mass is 452 g/mol. The summed E-state index contributed by atoms with van der Waals surface area (Å²) in [5.41, 5.74) is 0.364. The fraction of sp³-hybridized carbons (Fsp3) is 0.600. The van der Waals surface area contributed by atoms with Crippen molar-refractivity contribution in [2.45, 2.75) is 38.1 Å². The maximum atomic E-state index is 13.1. The van der Waals surface area contributed by atoms with E-state index in [0.717, 1.165) is 26.1 Å². The van der Waals surface area contributed by atoms with Crippen LogP contribution in [-0.2, 0) is 21.4 Å². The number of piperidine rings is 1. The number of hydrogen-bond donors (Lipinski definition) is 0. The Morgan fingerprint density at radius 2 is 2.00 bits per heavy atom. The zero-order chi connectivity index (χ0) is 21.3. The molecule has 0 saturated carbocycles. The molecule has 0 radical (unpaired) electrons. The van der Waals surface area contributed by atoms with Crippen molar-refractivity contribution in [3.8, 4) is 0 Å². The van der Waals surface area contributed by atoms with Gasteiger partial charge in [-0.05, 0) is 38.1 Å². The van der Waals surface area contributed by atoms with Gasteiger partial charge in [-0.15, -0.1) is 11.3 Å². The van der Waals surface area contributed by atoms with Crippen LogP contribution in [-0.4, -0.2) is 72.9 Å². The number of amides is 1. The third-order valence-corrected chi connectivity index (χ3v) is 8.91. The van der Waals surface area contributed by atoms with Gasteiger partial charge in [-0.1, -0.05) is 11.2 Å². The molecule has 1 atom stereocenters. The van der Waals surface area contributed by atoms with Crippen LogP contribution in [0.25, 0.3) is 0 Å². The SMILES string of the molecule is Cc1noc(C)c1S(=O)(=O)N1CCCC(C(=O)N2CCN(Cc3cccs3)CC2)C1. The Labute approximate surface area is 181 Å². The predicted octanol–water partition coefficient (Wildman–Crippen LogP) is 2.10. The van der Waals surface area contributed by atoms with Gasteiger partial charge in [0, 0.05) is 50.7 Å². The second-order valence-electron chi connectivity index (χ2n) is 8.04. The summed E-state index contributed by atoms with van der Waals surface area (Å²) in [5.74, 6) is 0.0742. The number of rotatable bonds is 5. The molecule has 1 amide bonds. The van der Waals surface area contributed by atoms with Crippen molar-refractivity contribution in [2.24, 2.45) is 5.92 Å². The number of piperazine rings is 1. The zero-order valence-corrected chi connectivity index (χ0v) is 19.0. The van der Waals surface area contributed by atoms with Crippen molar-refractivity contribution in [3.63, 3.8) is 0 Å². The van der Waals surface area contributed by atoms with E-state index in [-0.39, 0.29) is 23.3 Å². The van der Waals surface area contributed by atoms with Crippen LogP contribution < -0.4 is 0 Å². The number of hydrogen-bond acceptors (Lipinski definition) is 7. The topological polar surface area (TPSA) is 87.0 Å². The van der Waals surface area contributed by atoms with Gasteiger partial charge in [0.15, 0.2) is 5.76 Å². The lowest BCUT2D eigenvalue weighted by Gasteiger charge is -2.38. The summed E-state index contributed by atoms with van der Waals surface area (Å²) >= 11 is 1.75. The summed E-state index contributed by atoms with van der Waals surface area (Å²) < 4.78 is 32.7. The highest BCUT2D eigenvalue weighted by molar-refractivity contribution is 7.89. The minimum absolute atomic E-state index is 0.0736. The summed E-state index contributed by atoms with van der Waals surface area (Å²) in [7, 11) is -3.72. The molecule has 4 rings (SSSR count). The number of sulfonamides is 1. The Balaban J connectivity index is 1.37. The number of carbonyl (C=O) groups excluding carboxylic acids is 1. The van der Waals surface area contributed by atoms with Gasteiger partial charge < -0.3 is 9.42 Å². The van der Waals surface area contributed by atoms with Crippen molar-refractivity contribution in [2.75, 3.05) is 39.3 Å². The molecule has 164 valence electrons. The Bertz CT molecular complexity index is 959. The van der Waals surface area contributed by atoms with Crippen molar-refractivity contribution in [1.29, 1.82) is 0 Å². The maximum Gasteiger partial charge on any atom is 0.248 e. The molecule has 0 aliphatic carbocycles. The standard InChI is InChI=1S/C20H28N4O4S2/c1-15-19(16(2)28-21-15)30(26,27)24-7-3-5-17(13-24)20(25)23-10-8-22(9-11-23)14-18-6-4-12-29-18/h4,6,12,17H,3,5,7-11,13-14H2,1-2H3. The zero-order valence-electron chi connectivity index (χ0n) is 17.4. The van der Waals surface area contributed by atoms with Gasteiger partial charge in [-0.2, -0.15) is 4.31 Å². The highest BCUT2D eigenvalue weighted by Crippen LogP contribution is 2.28. The van der Waals surface area contributed by atoms with Gasteiger partial charge in [-0.25, -0.2) is 8.42 Å². The first-order valence-corrected chi connectivity index (χ1v) is 12.6. The van der Waals surface area contributed by atoms with Crippen LogP contribution in [0.5, 0.6) is 0 Å². The highest BCUT2D eigenvalue weighted by Gasteiger charge is 2.38. The summed E-state index contributed by atoms with van der Waals surface area (Å²) in [4.78, 5) is 18.9. The fourth-order valence-electron chi connectivity index (χ4n) is 4.34. The molecule has 0 spiro atoms. The van der Waals surface area contributed by atoms with Crippen molar-refractivity contribution in [1.82, 2.24) is 19.3 Å². The van der Waals surface area contributed by atoms with Gasteiger partial charge >= 0.3 is 0 Å². The normalized spacial score (nSPS) is 21.8. The van der Waals surface area contributed by atoms with Crippen LogP contribution in [0.4, 0.5) is 0 Å². The molecular weight excluding hydrogens is 424 g/mol. The maximum absolute atomic E-state index is 13.1. The van der Waals surface area contributed by atoms with Crippen molar-refractivity contribution < 1.29 is 17.7 Å². The van der Waals surface area contributed by atoms with Crippen molar-refractivity contribution >= 4 is 27.3 Å². The lowest BCUT2D eigenvalue weighted by molar-refractivity contribution is -0.138. The lowest BCUT2D eigenvalue weighted by Crippen LogP contribution is -2.52. The summed E-state index contributed by atoms with van der Waals surface area (Å²) in [5, 5.41) is 5.86. The fourth-order valence-corrected chi connectivity index (χ4v) is 6.90. The van der Waals surface area contributed by atoms with E-state index in [2.05, 4.69) is 27.6 Å². The molecule has 2 aromatic rings.